The largest absolute Gasteiger partial charge is 0.468 e. The van der Waals surface area contributed by atoms with Crippen molar-refractivity contribution in [2.24, 2.45) is 5.41 Å². The van der Waals surface area contributed by atoms with Crippen molar-refractivity contribution in [2.75, 3.05) is 20.2 Å². The Kier molecular flexibility index (Phi) is 5.40. The molecule has 1 aliphatic carbocycles. The van der Waals surface area contributed by atoms with E-state index >= 15 is 0 Å². The molecule has 1 fully saturated rings. The minimum atomic E-state index is -3.87. The fourth-order valence-electron chi connectivity index (χ4n) is 4.88. The SMILES string of the molecule is CCn1nccc1S(=O)(=O)N1CCC2=Cc3c(cnn3-c3ccc(F)cc3)CC2(C(=O)OC)C1. The Morgan fingerprint density at radius 1 is 1.21 bits per heavy atom. The lowest BCUT2D eigenvalue weighted by atomic mass is 9.69. The second kappa shape index (κ2) is 8.17. The van der Waals surface area contributed by atoms with Crippen LogP contribution in [-0.2, 0) is 32.5 Å². The second-order valence-corrected chi connectivity index (χ2v) is 10.3. The zero-order valence-electron chi connectivity index (χ0n) is 18.8. The van der Waals surface area contributed by atoms with Gasteiger partial charge in [-0.05, 0) is 67.3 Å². The van der Waals surface area contributed by atoms with Gasteiger partial charge in [-0.25, -0.2) is 17.5 Å². The maximum atomic E-state index is 13.5. The number of benzene rings is 1. The molecule has 0 spiro atoms. The Balaban J connectivity index is 1.55. The number of aromatic nitrogens is 4. The van der Waals surface area contributed by atoms with Crippen LogP contribution in [0.4, 0.5) is 4.39 Å². The first kappa shape index (κ1) is 22.5. The number of esters is 1. The molecule has 5 rings (SSSR count). The van der Waals surface area contributed by atoms with Gasteiger partial charge in [0.15, 0.2) is 5.03 Å². The van der Waals surface area contributed by atoms with E-state index in [2.05, 4.69) is 10.2 Å². The van der Waals surface area contributed by atoms with Gasteiger partial charge in [-0.3, -0.25) is 9.48 Å². The van der Waals surface area contributed by atoms with Gasteiger partial charge >= 0.3 is 5.97 Å². The topological polar surface area (TPSA) is 99.3 Å². The maximum absolute atomic E-state index is 13.5. The first-order valence-electron chi connectivity index (χ1n) is 10.9. The van der Waals surface area contributed by atoms with Crippen molar-refractivity contribution in [2.45, 2.75) is 31.3 Å². The van der Waals surface area contributed by atoms with Gasteiger partial charge in [0.05, 0.1) is 30.9 Å². The highest BCUT2D eigenvalue weighted by Gasteiger charge is 2.52. The van der Waals surface area contributed by atoms with E-state index in [4.69, 9.17) is 4.74 Å². The summed E-state index contributed by atoms with van der Waals surface area (Å²) in [5.41, 5.74) is 1.92. The number of rotatable bonds is 5. The summed E-state index contributed by atoms with van der Waals surface area (Å²) in [6.07, 6.45) is 5.63. The molecule has 0 radical (unpaired) electrons. The number of hydrogen-bond acceptors (Lipinski definition) is 6. The second-order valence-electron chi connectivity index (χ2n) is 8.44. The Labute approximate surface area is 196 Å². The van der Waals surface area contributed by atoms with E-state index in [0.29, 0.717) is 18.7 Å². The first-order valence-corrected chi connectivity index (χ1v) is 12.4. The summed E-state index contributed by atoms with van der Waals surface area (Å²) in [5, 5.41) is 8.64. The number of aryl methyl sites for hydroxylation is 1. The molecule has 0 amide bonds. The van der Waals surface area contributed by atoms with Gasteiger partial charge < -0.3 is 4.74 Å². The van der Waals surface area contributed by atoms with Crippen LogP contribution >= 0.6 is 0 Å². The van der Waals surface area contributed by atoms with Crippen LogP contribution in [0.2, 0.25) is 0 Å². The smallest absolute Gasteiger partial charge is 0.317 e. The molecule has 3 aromatic rings. The molecule has 0 bridgehead atoms. The Morgan fingerprint density at radius 2 is 1.97 bits per heavy atom. The number of halogens is 1. The van der Waals surface area contributed by atoms with Crippen LogP contribution in [0.1, 0.15) is 24.6 Å². The van der Waals surface area contributed by atoms with Crippen molar-refractivity contribution >= 4 is 22.1 Å². The van der Waals surface area contributed by atoms with Gasteiger partial charge in [0, 0.05) is 19.6 Å². The van der Waals surface area contributed by atoms with Crippen LogP contribution in [0.3, 0.4) is 0 Å². The summed E-state index contributed by atoms with van der Waals surface area (Å²) in [6.45, 7) is 2.42. The summed E-state index contributed by atoms with van der Waals surface area (Å²) in [7, 11) is -2.56. The summed E-state index contributed by atoms with van der Waals surface area (Å²) < 4.78 is 50.0. The highest BCUT2D eigenvalue weighted by Crippen LogP contribution is 2.46. The summed E-state index contributed by atoms with van der Waals surface area (Å²) in [5.74, 6) is -0.825. The number of carbonyl (C=O) groups is 1. The minimum Gasteiger partial charge on any atom is -0.468 e. The molecular weight excluding hydrogens is 461 g/mol. The van der Waals surface area contributed by atoms with Crippen LogP contribution < -0.4 is 0 Å². The third-order valence-electron chi connectivity index (χ3n) is 6.61. The molecule has 1 saturated heterocycles. The molecule has 0 N–H and O–H groups in total. The van der Waals surface area contributed by atoms with E-state index in [1.54, 1.807) is 23.0 Å². The molecule has 9 nitrogen and oxygen atoms in total. The van der Waals surface area contributed by atoms with E-state index in [1.807, 2.05) is 13.0 Å². The van der Waals surface area contributed by atoms with Crippen molar-refractivity contribution in [1.29, 1.82) is 0 Å². The molecule has 1 aliphatic heterocycles. The van der Waals surface area contributed by atoms with Gasteiger partial charge in [-0.1, -0.05) is 0 Å². The zero-order chi connectivity index (χ0) is 24.1. The zero-order valence-corrected chi connectivity index (χ0v) is 19.6. The average molecular weight is 486 g/mol. The van der Waals surface area contributed by atoms with E-state index in [-0.39, 0.29) is 30.4 Å². The summed E-state index contributed by atoms with van der Waals surface area (Å²) in [6, 6.07) is 7.47. The van der Waals surface area contributed by atoms with Gasteiger partial charge in [0.2, 0.25) is 0 Å². The van der Waals surface area contributed by atoms with Crippen LogP contribution in [0.5, 0.6) is 0 Å². The van der Waals surface area contributed by atoms with Gasteiger partial charge in [0.25, 0.3) is 10.0 Å². The van der Waals surface area contributed by atoms with Crippen LogP contribution in [0.25, 0.3) is 11.8 Å². The highest BCUT2D eigenvalue weighted by molar-refractivity contribution is 7.89. The standard InChI is InChI=1S/C23H24FN5O4S/c1-3-28-21(8-10-25-28)34(31,32)27-11-9-17-12-20-16(13-23(17,15-27)22(30)33-2)14-26-29(20)19-6-4-18(24)5-7-19/h4-8,10,12,14H,3,9,11,13,15H2,1-2H3. The number of nitrogens with zero attached hydrogens (tertiary/aromatic N) is 5. The molecular formula is C23H24FN5O4S. The van der Waals surface area contributed by atoms with E-state index < -0.39 is 21.4 Å². The van der Waals surface area contributed by atoms with Crippen molar-refractivity contribution in [3.63, 3.8) is 0 Å². The normalized spacial score (nSPS) is 20.4. The van der Waals surface area contributed by atoms with E-state index in [1.165, 1.54) is 40.5 Å². The van der Waals surface area contributed by atoms with Gasteiger partial charge in [-0.2, -0.15) is 14.5 Å². The molecule has 1 unspecified atom stereocenters. The van der Waals surface area contributed by atoms with E-state index in [0.717, 1.165) is 16.8 Å². The Hall–Kier alpha value is -3.31. The van der Waals surface area contributed by atoms with Crippen molar-refractivity contribution in [1.82, 2.24) is 23.9 Å². The molecule has 1 aromatic carbocycles. The van der Waals surface area contributed by atoms with E-state index in [9.17, 15) is 17.6 Å². The molecule has 3 heterocycles. The predicted octanol–water partition coefficient (Wildman–Crippen LogP) is 2.42. The fraction of sp³-hybridized carbons (Fsp3) is 0.348. The summed E-state index contributed by atoms with van der Waals surface area (Å²) >= 11 is 0. The lowest BCUT2D eigenvalue weighted by Gasteiger charge is -2.43. The van der Waals surface area contributed by atoms with Gasteiger partial charge in [-0.15, -0.1) is 0 Å². The van der Waals surface area contributed by atoms with Crippen LogP contribution in [-0.4, -0.2) is 58.5 Å². The molecule has 0 saturated carbocycles. The Morgan fingerprint density at radius 3 is 2.68 bits per heavy atom. The van der Waals surface area contributed by atoms with Crippen molar-refractivity contribution in [3.05, 3.63) is 65.4 Å². The predicted molar refractivity (Wildman–Crippen MR) is 121 cm³/mol. The molecule has 2 aromatic heterocycles. The van der Waals surface area contributed by atoms with Crippen LogP contribution in [0, 0.1) is 11.2 Å². The number of methoxy groups -OCH3 is 1. The molecule has 1 atom stereocenters. The maximum Gasteiger partial charge on any atom is 0.317 e. The molecule has 11 heteroatoms. The molecule has 178 valence electrons. The average Bonchev–Trinajstić information content (AvgIpc) is 3.49. The Bertz CT molecular complexity index is 1390. The van der Waals surface area contributed by atoms with Gasteiger partial charge in [0.1, 0.15) is 11.2 Å². The highest BCUT2D eigenvalue weighted by atomic mass is 32.2. The first-order chi connectivity index (χ1) is 16.3. The quantitative estimate of drug-likeness (QED) is 0.515. The molecule has 34 heavy (non-hydrogen) atoms. The number of sulfonamides is 1. The third kappa shape index (κ3) is 3.38. The number of ether oxygens (including phenoxy) is 1. The number of fused-ring (bicyclic) bond motifs is 2. The fourth-order valence-corrected chi connectivity index (χ4v) is 6.55. The number of piperidine rings is 1. The number of carbonyl (C=O) groups excluding carboxylic acids is 1. The van der Waals surface area contributed by atoms with Crippen molar-refractivity contribution in [3.8, 4) is 5.69 Å². The lowest BCUT2D eigenvalue weighted by Crippen LogP contribution is -2.53. The monoisotopic (exact) mass is 485 g/mol. The molecule has 2 aliphatic rings. The van der Waals surface area contributed by atoms with Crippen molar-refractivity contribution < 1.29 is 22.3 Å². The minimum absolute atomic E-state index is 0.0378. The van der Waals surface area contributed by atoms with Crippen LogP contribution in [0.15, 0.2) is 53.3 Å². The summed E-state index contributed by atoms with van der Waals surface area (Å²) in [4.78, 5) is 13.2. The third-order valence-corrected chi connectivity index (χ3v) is 8.48. The number of hydrogen-bond donors (Lipinski definition) is 0. The lowest BCUT2D eigenvalue weighted by molar-refractivity contribution is -0.151.